The van der Waals surface area contributed by atoms with Gasteiger partial charge in [0.15, 0.2) is 0 Å². The van der Waals surface area contributed by atoms with E-state index >= 15 is 8.78 Å². The van der Waals surface area contributed by atoms with Crippen LogP contribution in [-0.4, -0.2) is 65.4 Å². The number of aromatic amines is 1. The van der Waals surface area contributed by atoms with Crippen molar-refractivity contribution in [3.8, 4) is 5.75 Å². The number of ether oxygens (including phenoxy) is 1. The molecule has 2 unspecified atom stereocenters. The molecule has 45 heavy (non-hydrogen) atoms. The van der Waals surface area contributed by atoms with Crippen LogP contribution in [-0.2, 0) is 24.9 Å². The van der Waals surface area contributed by atoms with Crippen LogP contribution in [0.4, 0.5) is 20.6 Å². The first kappa shape index (κ1) is 30.0. The van der Waals surface area contributed by atoms with E-state index in [9.17, 15) is 19.5 Å². The van der Waals surface area contributed by atoms with Crippen molar-refractivity contribution in [2.75, 3.05) is 17.4 Å². The van der Waals surface area contributed by atoms with Gasteiger partial charge in [-0.25, -0.2) is 0 Å². The number of rotatable bonds is 2. The van der Waals surface area contributed by atoms with E-state index in [2.05, 4.69) is 48.2 Å². The number of nitrogens with one attached hydrogen (secondary N) is 3. The Hall–Kier alpha value is -3.70. The Balaban J connectivity index is 1.27. The molecular weight excluding hydrogens is 674 g/mol. The normalized spacial score (nSPS) is 29.8. The summed E-state index contributed by atoms with van der Waals surface area (Å²) < 4.78 is 64.3. The van der Waals surface area contributed by atoms with E-state index in [1.54, 1.807) is 0 Å². The number of nitrogen functional groups attached to an aromatic ring is 1. The van der Waals surface area contributed by atoms with Crippen molar-refractivity contribution in [1.82, 2.24) is 30.2 Å². The zero-order valence-electron chi connectivity index (χ0n) is 22.1. The van der Waals surface area contributed by atoms with Gasteiger partial charge in [-0.05, 0) is 0 Å². The number of H-pyrrole nitrogens is 1. The number of nitrogens with two attached hydrogens (primary N) is 2. The number of thiol groups is 1. The summed E-state index contributed by atoms with van der Waals surface area (Å²) in [7, 11) is -10.2. The fraction of sp³-hybridized carbons (Fsp3) is 0.316. The summed E-state index contributed by atoms with van der Waals surface area (Å²) in [6, 6.07) is -0.656. The van der Waals surface area contributed by atoms with Crippen molar-refractivity contribution in [2.45, 2.75) is 31.2 Å². The third-order valence-corrected chi connectivity index (χ3v) is 9.26. The second-order valence-corrected chi connectivity index (χ2v) is 14.5. The number of fused-ring (bicyclic) bond motifs is 5. The second kappa shape index (κ2) is 10.7. The van der Waals surface area contributed by atoms with E-state index in [1.807, 2.05) is 0 Å². The van der Waals surface area contributed by atoms with Crippen molar-refractivity contribution < 1.29 is 50.7 Å². The molecule has 21 nitrogen and oxygen atoms in total. The molecule has 3 aromatic heterocycles. The predicted octanol–water partition coefficient (Wildman–Crippen LogP) is -0.544. The molecule has 0 spiro atoms. The van der Waals surface area contributed by atoms with E-state index < -0.39 is 92.6 Å². The van der Waals surface area contributed by atoms with E-state index in [0.717, 1.165) is 15.9 Å². The maximum atomic E-state index is 15.8. The van der Waals surface area contributed by atoms with Crippen LogP contribution in [0.25, 0.3) is 17.0 Å². The Labute approximate surface area is 253 Å². The summed E-state index contributed by atoms with van der Waals surface area (Å²) in [5, 5.41) is 14.8. The molecule has 10 N–H and O–H groups in total. The molecule has 4 atom stereocenters. The van der Waals surface area contributed by atoms with E-state index in [4.69, 9.17) is 38.7 Å². The monoisotopic (exact) mass is 697 g/mol. The molecule has 7 rings (SSSR count). The van der Waals surface area contributed by atoms with Gasteiger partial charge in [0.25, 0.3) is 0 Å². The van der Waals surface area contributed by atoms with E-state index in [-0.39, 0.29) is 23.8 Å². The van der Waals surface area contributed by atoms with Crippen molar-refractivity contribution in [3.63, 3.8) is 0 Å². The van der Waals surface area contributed by atoms with Crippen LogP contribution < -0.4 is 37.2 Å². The van der Waals surface area contributed by atoms with Crippen molar-refractivity contribution in [2.24, 2.45) is 16.1 Å². The van der Waals surface area contributed by atoms with Crippen LogP contribution in [0.3, 0.4) is 0 Å². The molecule has 4 aliphatic rings. The first-order valence-corrected chi connectivity index (χ1v) is 17.4. The van der Waals surface area contributed by atoms with Gasteiger partial charge in [-0.3, -0.25) is 0 Å². The number of aromatic nitrogens is 4. The molecule has 0 amide bonds. The zero-order valence-corrected chi connectivity index (χ0v) is 25.0. The third kappa shape index (κ3) is 5.23. The molecule has 7 heterocycles. The maximum absolute atomic E-state index is 15.8. The van der Waals surface area contributed by atoms with Crippen LogP contribution in [0.15, 0.2) is 43.7 Å². The van der Waals surface area contributed by atoms with Crippen LogP contribution in [0.2, 0.25) is 0 Å². The van der Waals surface area contributed by atoms with Gasteiger partial charge in [0.2, 0.25) is 0 Å². The molecule has 3 aromatic rings. The average Bonchev–Trinajstić information content (AvgIpc) is 3.72. The van der Waals surface area contributed by atoms with Crippen molar-refractivity contribution in [1.29, 1.82) is 0 Å². The van der Waals surface area contributed by atoms with Gasteiger partial charge in [0, 0.05) is 0 Å². The third-order valence-electron chi connectivity index (χ3n) is 6.70. The summed E-state index contributed by atoms with van der Waals surface area (Å²) in [5.41, 5.74) is 10.5. The molecule has 2 bridgehead atoms. The van der Waals surface area contributed by atoms with Crippen molar-refractivity contribution >= 4 is 56.4 Å². The van der Waals surface area contributed by atoms with E-state index in [1.165, 1.54) is 0 Å². The predicted molar refractivity (Wildman–Crippen MR) is 152 cm³/mol. The summed E-state index contributed by atoms with van der Waals surface area (Å²) in [5.74, 6) is -5.66. The first-order chi connectivity index (χ1) is 21.3. The van der Waals surface area contributed by atoms with Crippen LogP contribution in [0.5, 0.6) is 5.75 Å². The molecule has 0 aliphatic carbocycles. The average molecular weight is 697 g/mol. The fourth-order valence-electron chi connectivity index (χ4n) is 4.69. The van der Waals surface area contributed by atoms with Gasteiger partial charge in [0.1, 0.15) is 0 Å². The molecule has 0 aromatic carbocycles. The molecule has 1 fully saturated rings. The van der Waals surface area contributed by atoms with Crippen LogP contribution >= 0.6 is 27.6 Å². The molecule has 244 valence electrons. The Kier molecular flexibility index (Phi) is 7.12. The molecule has 0 radical (unpaired) electrons. The van der Waals surface area contributed by atoms with Gasteiger partial charge in [-0.15, -0.1) is 0 Å². The number of imidazole rings is 1. The van der Waals surface area contributed by atoms with Crippen LogP contribution in [0, 0.1) is 5.82 Å². The number of hydrogen-bond donors (Lipinski definition) is 9. The Morgan fingerprint density at radius 1 is 1.22 bits per heavy atom. The molecule has 4 aliphatic heterocycles. The number of alkyl halides is 1. The number of hydrogen-bond acceptors (Lipinski definition) is 20. The SMILES string of the molecule is Nc1nc2c(ncn2C2=C3O[PH](O)(S)OCc4oc(N5N=NC6C5NCN[C@H]6N)c(F)c4O[PH](O)(O)O/C=C(/O2)[C@H]3F)c(=O)[nH]1. The van der Waals surface area contributed by atoms with Gasteiger partial charge in [-0.2, -0.15) is 0 Å². The molecule has 26 heteroatoms. The Morgan fingerprint density at radius 3 is 2.82 bits per heavy atom. The number of furan rings is 1. The molecular formula is C19H23F2N11O10P2S. The van der Waals surface area contributed by atoms with E-state index in [0.29, 0.717) is 6.26 Å². The number of anilines is 2. The molecule has 1 saturated heterocycles. The summed E-state index contributed by atoms with van der Waals surface area (Å²) in [6.45, 7) is -0.643. The standard InChI is InChI=1S/C19H23F2N11O10P2S/c20-7-5-1-37-43(34,35)41-11-6(40-17(8(11)21)32-14-9(29-30-32)13(22)24-3-25-14)2-38-44(36,45)42-12(7)18(39-5)31-4-26-10-15(31)27-19(23)28-16(10)33/h1,4,7,9,13-14,24-25,34-36,43-45H,2-3,22H2,(H3,23,27,28,33)/b5-1+/t7-,9?,13-,14?/m1/s1. The summed E-state index contributed by atoms with van der Waals surface area (Å²) >= 11 is 4.03. The summed E-state index contributed by atoms with van der Waals surface area (Å²) in [4.78, 5) is 54.5. The Bertz CT molecular complexity index is 1850. The van der Waals surface area contributed by atoms with Gasteiger partial charge in [-0.1, -0.05) is 0 Å². The van der Waals surface area contributed by atoms with Gasteiger partial charge in [0.05, 0.1) is 0 Å². The number of halogens is 2. The quantitative estimate of drug-likeness (QED) is 0.120. The fourth-order valence-corrected chi connectivity index (χ4v) is 6.82. The Morgan fingerprint density at radius 2 is 2.02 bits per heavy atom. The van der Waals surface area contributed by atoms with Crippen LogP contribution in [0.1, 0.15) is 5.76 Å². The molecule has 0 saturated carbocycles. The zero-order chi connectivity index (χ0) is 31.8. The minimum absolute atomic E-state index is 0.196. The number of nitrogens with zero attached hydrogens (tertiary/aromatic N) is 6. The second-order valence-electron chi connectivity index (χ2n) is 9.67. The van der Waals surface area contributed by atoms with Gasteiger partial charge < -0.3 is 0 Å². The topological polar surface area (TPSA) is 288 Å². The van der Waals surface area contributed by atoms with Crippen molar-refractivity contribution in [3.05, 3.63) is 46.0 Å². The minimum atomic E-state index is -5.41. The first-order valence-electron chi connectivity index (χ1n) is 12.6. The summed E-state index contributed by atoms with van der Waals surface area (Å²) in [6.07, 6.45) is -2.31. The van der Waals surface area contributed by atoms with Gasteiger partial charge >= 0.3 is 254 Å².